The van der Waals surface area contributed by atoms with E-state index in [9.17, 15) is 0 Å². The molecule has 2 rings (SSSR count). The summed E-state index contributed by atoms with van der Waals surface area (Å²) in [5.41, 5.74) is 1.35. The molecule has 1 N–H and O–H groups in total. The molecule has 1 saturated heterocycles. The molecule has 1 fully saturated rings. The van der Waals surface area contributed by atoms with E-state index in [-0.39, 0.29) is 0 Å². The van der Waals surface area contributed by atoms with E-state index < -0.39 is 0 Å². The number of hydrogen-bond donors (Lipinski definition) is 1. The Hall–Kier alpha value is -1.02. The van der Waals surface area contributed by atoms with Crippen LogP contribution in [0.25, 0.3) is 0 Å². The molecule has 82 valence electrons. The lowest BCUT2D eigenvalue weighted by Gasteiger charge is -2.29. The summed E-state index contributed by atoms with van der Waals surface area (Å²) in [6, 6.07) is 9.51. The highest BCUT2D eigenvalue weighted by molar-refractivity contribution is 5.30. The van der Waals surface area contributed by atoms with Gasteiger partial charge in [0.15, 0.2) is 0 Å². The third-order valence-corrected chi connectivity index (χ3v) is 3.11. The Morgan fingerprint density at radius 2 is 2.20 bits per heavy atom. The Morgan fingerprint density at radius 1 is 1.33 bits per heavy atom. The zero-order valence-corrected chi connectivity index (χ0v) is 9.49. The van der Waals surface area contributed by atoms with Crippen LogP contribution in [0.1, 0.15) is 37.8 Å². The van der Waals surface area contributed by atoms with E-state index in [1.807, 2.05) is 6.07 Å². The van der Waals surface area contributed by atoms with E-state index in [0.717, 1.165) is 5.75 Å². The summed E-state index contributed by atoms with van der Waals surface area (Å²) < 4.78 is 5.24. The van der Waals surface area contributed by atoms with Gasteiger partial charge < -0.3 is 10.1 Å². The molecule has 0 radical (unpaired) electrons. The topological polar surface area (TPSA) is 21.3 Å². The largest absolute Gasteiger partial charge is 0.497 e. The van der Waals surface area contributed by atoms with E-state index in [4.69, 9.17) is 4.74 Å². The minimum atomic E-state index is 0.504. The molecule has 0 saturated carbocycles. The monoisotopic (exact) mass is 205 g/mol. The molecule has 1 aliphatic rings. The Bertz CT molecular complexity index is 324. The molecule has 0 aromatic heterocycles. The van der Waals surface area contributed by atoms with Gasteiger partial charge in [-0.3, -0.25) is 0 Å². The van der Waals surface area contributed by atoms with Crippen LogP contribution in [0, 0.1) is 0 Å². The molecule has 15 heavy (non-hydrogen) atoms. The van der Waals surface area contributed by atoms with Crippen molar-refractivity contribution in [1.82, 2.24) is 5.32 Å². The van der Waals surface area contributed by atoms with Crippen molar-refractivity contribution in [2.45, 2.75) is 38.3 Å². The zero-order valence-electron chi connectivity index (χ0n) is 9.49. The van der Waals surface area contributed by atoms with Crippen molar-refractivity contribution in [3.8, 4) is 5.75 Å². The van der Waals surface area contributed by atoms with Crippen LogP contribution in [0.4, 0.5) is 0 Å². The van der Waals surface area contributed by atoms with Crippen LogP contribution >= 0.6 is 0 Å². The molecule has 0 amide bonds. The van der Waals surface area contributed by atoms with Crippen molar-refractivity contribution in [2.24, 2.45) is 0 Å². The van der Waals surface area contributed by atoms with E-state index in [2.05, 4.69) is 30.4 Å². The molecule has 2 atom stereocenters. The van der Waals surface area contributed by atoms with Crippen molar-refractivity contribution in [3.63, 3.8) is 0 Å². The summed E-state index contributed by atoms with van der Waals surface area (Å²) in [6.07, 6.45) is 3.84. The fourth-order valence-electron chi connectivity index (χ4n) is 2.26. The number of ether oxygens (including phenoxy) is 1. The Morgan fingerprint density at radius 3 is 2.93 bits per heavy atom. The average molecular weight is 205 g/mol. The van der Waals surface area contributed by atoms with Gasteiger partial charge in [0.25, 0.3) is 0 Å². The fraction of sp³-hybridized carbons (Fsp3) is 0.538. The SMILES string of the molecule is COc1cccc(C2CCCC(C)N2)c1. The molecule has 0 spiro atoms. The summed E-state index contributed by atoms with van der Waals surface area (Å²) in [5, 5.41) is 3.63. The van der Waals surface area contributed by atoms with Crippen molar-refractivity contribution in [2.75, 3.05) is 7.11 Å². The Balaban J connectivity index is 2.13. The molecule has 1 aromatic rings. The number of nitrogens with one attached hydrogen (secondary N) is 1. The second kappa shape index (κ2) is 4.67. The van der Waals surface area contributed by atoms with Gasteiger partial charge in [-0.05, 0) is 37.5 Å². The lowest BCUT2D eigenvalue weighted by molar-refractivity contribution is 0.340. The summed E-state index contributed by atoms with van der Waals surface area (Å²) in [5.74, 6) is 0.951. The van der Waals surface area contributed by atoms with Crippen molar-refractivity contribution < 1.29 is 4.74 Å². The summed E-state index contributed by atoms with van der Waals surface area (Å²) in [6.45, 7) is 2.26. The van der Waals surface area contributed by atoms with Crippen LogP contribution in [0.2, 0.25) is 0 Å². The molecular formula is C13H19NO. The van der Waals surface area contributed by atoms with E-state index in [1.54, 1.807) is 7.11 Å². The minimum absolute atomic E-state index is 0.504. The first kappa shape index (κ1) is 10.5. The van der Waals surface area contributed by atoms with Crippen LogP contribution < -0.4 is 10.1 Å². The average Bonchev–Trinajstić information content (AvgIpc) is 2.29. The quantitative estimate of drug-likeness (QED) is 0.801. The number of rotatable bonds is 2. The molecule has 2 unspecified atom stereocenters. The maximum absolute atomic E-state index is 5.24. The predicted molar refractivity (Wildman–Crippen MR) is 62.2 cm³/mol. The van der Waals surface area contributed by atoms with Crippen molar-refractivity contribution >= 4 is 0 Å². The van der Waals surface area contributed by atoms with Crippen LogP contribution in [0.15, 0.2) is 24.3 Å². The van der Waals surface area contributed by atoms with E-state index >= 15 is 0 Å². The minimum Gasteiger partial charge on any atom is -0.497 e. The van der Waals surface area contributed by atoms with Crippen LogP contribution in [0.3, 0.4) is 0 Å². The van der Waals surface area contributed by atoms with Crippen LogP contribution in [0.5, 0.6) is 5.75 Å². The van der Waals surface area contributed by atoms with Gasteiger partial charge in [0.1, 0.15) is 5.75 Å². The fourth-order valence-corrected chi connectivity index (χ4v) is 2.26. The second-order valence-corrected chi connectivity index (χ2v) is 4.33. The van der Waals surface area contributed by atoms with Gasteiger partial charge in [-0.25, -0.2) is 0 Å². The third-order valence-electron chi connectivity index (χ3n) is 3.11. The standard InChI is InChI=1S/C13H19NO/c1-10-5-3-8-13(14-10)11-6-4-7-12(9-11)15-2/h4,6-7,9-10,13-14H,3,5,8H2,1-2H3. The third kappa shape index (κ3) is 2.51. The lowest BCUT2D eigenvalue weighted by Crippen LogP contribution is -2.34. The van der Waals surface area contributed by atoms with Gasteiger partial charge in [0.05, 0.1) is 7.11 Å². The molecule has 1 aromatic carbocycles. The normalized spacial score (nSPS) is 26.3. The highest BCUT2D eigenvalue weighted by Gasteiger charge is 2.19. The number of hydrogen-bond acceptors (Lipinski definition) is 2. The Labute approximate surface area is 91.6 Å². The molecule has 2 nitrogen and oxygen atoms in total. The highest BCUT2D eigenvalue weighted by atomic mass is 16.5. The van der Waals surface area contributed by atoms with Gasteiger partial charge in [-0.15, -0.1) is 0 Å². The molecule has 2 heteroatoms. The van der Waals surface area contributed by atoms with Gasteiger partial charge in [-0.2, -0.15) is 0 Å². The predicted octanol–water partition coefficient (Wildman–Crippen LogP) is 2.90. The zero-order chi connectivity index (χ0) is 10.7. The van der Waals surface area contributed by atoms with Crippen LogP contribution in [-0.2, 0) is 0 Å². The van der Waals surface area contributed by atoms with Gasteiger partial charge in [0, 0.05) is 12.1 Å². The summed E-state index contributed by atoms with van der Waals surface area (Å²) in [4.78, 5) is 0. The maximum Gasteiger partial charge on any atom is 0.119 e. The maximum atomic E-state index is 5.24. The highest BCUT2D eigenvalue weighted by Crippen LogP contribution is 2.27. The summed E-state index contributed by atoms with van der Waals surface area (Å²) >= 11 is 0. The first-order valence-electron chi connectivity index (χ1n) is 5.69. The van der Waals surface area contributed by atoms with E-state index in [0.29, 0.717) is 12.1 Å². The van der Waals surface area contributed by atoms with Crippen molar-refractivity contribution in [3.05, 3.63) is 29.8 Å². The first-order valence-corrected chi connectivity index (χ1v) is 5.69. The first-order chi connectivity index (χ1) is 7.29. The van der Waals surface area contributed by atoms with Crippen molar-refractivity contribution in [1.29, 1.82) is 0 Å². The Kier molecular flexibility index (Phi) is 3.27. The number of piperidine rings is 1. The molecule has 1 heterocycles. The van der Waals surface area contributed by atoms with Gasteiger partial charge in [0.2, 0.25) is 0 Å². The summed E-state index contributed by atoms with van der Waals surface area (Å²) in [7, 11) is 1.72. The smallest absolute Gasteiger partial charge is 0.119 e. The molecule has 1 aliphatic heterocycles. The molecule has 0 bridgehead atoms. The number of methoxy groups -OCH3 is 1. The van der Waals surface area contributed by atoms with E-state index in [1.165, 1.54) is 24.8 Å². The van der Waals surface area contributed by atoms with Gasteiger partial charge >= 0.3 is 0 Å². The van der Waals surface area contributed by atoms with Crippen LogP contribution in [-0.4, -0.2) is 13.2 Å². The van der Waals surface area contributed by atoms with Gasteiger partial charge in [-0.1, -0.05) is 18.6 Å². The number of benzene rings is 1. The molecular weight excluding hydrogens is 186 g/mol. The molecule has 0 aliphatic carbocycles. The second-order valence-electron chi connectivity index (χ2n) is 4.33. The lowest BCUT2D eigenvalue weighted by atomic mass is 9.94.